The van der Waals surface area contributed by atoms with Crippen LogP contribution in [0, 0.1) is 13.8 Å². The minimum atomic E-state index is 0.975. The average molecular weight is 350 g/mol. The van der Waals surface area contributed by atoms with Gasteiger partial charge in [-0.05, 0) is 25.8 Å². The lowest BCUT2D eigenvalue weighted by Gasteiger charge is -2.33. The van der Waals surface area contributed by atoms with E-state index in [1.54, 1.807) is 4.90 Å². The second kappa shape index (κ2) is 6.72. The van der Waals surface area contributed by atoms with Crippen LogP contribution >= 0.6 is 0 Å². The molecule has 3 heterocycles. The highest BCUT2D eigenvalue weighted by Crippen LogP contribution is 2.32. The van der Waals surface area contributed by atoms with Crippen molar-refractivity contribution in [2.24, 2.45) is 0 Å². The van der Waals surface area contributed by atoms with Gasteiger partial charge in [-0.25, -0.2) is 4.98 Å². The molecule has 0 amide bonds. The second-order valence-electron chi connectivity index (χ2n) is 7.36. The van der Waals surface area contributed by atoms with Crippen LogP contribution in [0.5, 0.6) is 0 Å². The molecule has 0 aliphatic carbocycles. The summed E-state index contributed by atoms with van der Waals surface area (Å²) >= 11 is 0. The highest BCUT2D eigenvalue weighted by Gasteiger charge is 2.25. The van der Waals surface area contributed by atoms with Crippen molar-refractivity contribution < 1.29 is 4.90 Å². The van der Waals surface area contributed by atoms with E-state index in [2.05, 4.69) is 67.6 Å². The number of piperazine rings is 1. The summed E-state index contributed by atoms with van der Waals surface area (Å²) in [4.78, 5) is 9.09. The van der Waals surface area contributed by atoms with Crippen LogP contribution in [0.4, 0.5) is 5.82 Å². The number of aryl methyl sites for hydroxylation is 2. The molecular formula is C21H28N5+. The van der Waals surface area contributed by atoms with E-state index in [-0.39, 0.29) is 0 Å². The summed E-state index contributed by atoms with van der Waals surface area (Å²) in [6.45, 7) is 10.9. The van der Waals surface area contributed by atoms with Crippen LogP contribution in [0.2, 0.25) is 0 Å². The van der Waals surface area contributed by atoms with Crippen molar-refractivity contribution in [1.82, 2.24) is 14.6 Å². The Balaban J connectivity index is 1.95. The third-order valence-corrected chi connectivity index (χ3v) is 5.55. The summed E-state index contributed by atoms with van der Waals surface area (Å²) < 4.78 is 2.10. The second-order valence-corrected chi connectivity index (χ2v) is 7.36. The molecule has 1 fully saturated rings. The number of likely N-dealkylation sites (N-methyl/N-ethyl adjacent to an activating group) is 1. The standard InChI is InChI=1S/C21H27N5/c1-5-18-15(2)22-20-19(17-9-7-6-8-10-17)16(3)23-26(20)21(18)25-13-11-24(4)12-14-25/h6-10H,5,11-14H2,1-4H3/p+1. The smallest absolute Gasteiger partial charge is 0.165 e. The lowest BCUT2D eigenvalue weighted by Crippen LogP contribution is -3.12. The molecule has 5 heteroatoms. The van der Waals surface area contributed by atoms with Crippen LogP contribution in [0.25, 0.3) is 16.8 Å². The van der Waals surface area contributed by atoms with E-state index in [9.17, 15) is 0 Å². The Labute approximate surface area is 155 Å². The lowest BCUT2D eigenvalue weighted by molar-refractivity contribution is -0.880. The van der Waals surface area contributed by atoms with E-state index < -0.39 is 0 Å². The van der Waals surface area contributed by atoms with Gasteiger partial charge in [0.05, 0.1) is 38.9 Å². The molecule has 5 nitrogen and oxygen atoms in total. The van der Waals surface area contributed by atoms with E-state index in [0.29, 0.717) is 0 Å². The van der Waals surface area contributed by atoms with Gasteiger partial charge in [-0.3, -0.25) is 0 Å². The van der Waals surface area contributed by atoms with E-state index in [0.717, 1.165) is 55.2 Å². The van der Waals surface area contributed by atoms with Crippen LogP contribution in [0.3, 0.4) is 0 Å². The maximum absolute atomic E-state index is 4.98. The first-order chi connectivity index (χ1) is 12.6. The van der Waals surface area contributed by atoms with Gasteiger partial charge in [-0.2, -0.15) is 9.61 Å². The average Bonchev–Trinajstić information content (AvgIpc) is 2.97. The molecule has 136 valence electrons. The van der Waals surface area contributed by atoms with Gasteiger partial charge in [0.1, 0.15) is 5.82 Å². The number of quaternary nitrogens is 1. The predicted molar refractivity (Wildman–Crippen MR) is 106 cm³/mol. The van der Waals surface area contributed by atoms with E-state index in [1.807, 2.05) is 0 Å². The zero-order valence-corrected chi connectivity index (χ0v) is 16.2. The molecule has 0 radical (unpaired) electrons. The molecule has 26 heavy (non-hydrogen) atoms. The third-order valence-electron chi connectivity index (χ3n) is 5.55. The molecular weight excluding hydrogens is 322 g/mol. The molecule has 0 atom stereocenters. The van der Waals surface area contributed by atoms with E-state index in [4.69, 9.17) is 10.1 Å². The Bertz CT molecular complexity index is 921. The van der Waals surface area contributed by atoms with Crippen molar-refractivity contribution in [3.8, 4) is 11.1 Å². The summed E-state index contributed by atoms with van der Waals surface area (Å²) in [7, 11) is 2.27. The number of benzene rings is 1. The number of anilines is 1. The largest absolute Gasteiger partial charge is 0.345 e. The molecule has 0 bridgehead atoms. The van der Waals surface area contributed by atoms with Gasteiger partial charge in [-0.1, -0.05) is 37.3 Å². The fourth-order valence-corrected chi connectivity index (χ4v) is 4.06. The Morgan fingerprint density at radius 1 is 1.04 bits per heavy atom. The van der Waals surface area contributed by atoms with Crippen LogP contribution in [0.15, 0.2) is 30.3 Å². The summed E-state index contributed by atoms with van der Waals surface area (Å²) in [5.74, 6) is 1.24. The molecule has 4 rings (SSSR count). The van der Waals surface area contributed by atoms with Gasteiger partial charge in [0.2, 0.25) is 0 Å². The highest BCUT2D eigenvalue weighted by atomic mass is 15.4. The fraction of sp³-hybridized carbons (Fsp3) is 0.429. The maximum Gasteiger partial charge on any atom is 0.165 e. The Kier molecular flexibility index (Phi) is 4.41. The van der Waals surface area contributed by atoms with Gasteiger partial charge in [0.25, 0.3) is 0 Å². The van der Waals surface area contributed by atoms with Gasteiger partial charge >= 0.3 is 0 Å². The van der Waals surface area contributed by atoms with Crippen LogP contribution in [0.1, 0.15) is 23.9 Å². The lowest BCUT2D eigenvalue weighted by atomic mass is 10.1. The molecule has 0 saturated carbocycles. The number of hydrogen-bond acceptors (Lipinski definition) is 3. The fourth-order valence-electron chi connectivity index (χ4n) is 4.06. The zero-order chi connectivity index (χ0) is 18.3. The quantitative estimate of drug-likeness (QED) is 0.784. The summed E-state index contributed by atoms with van der Waals surface area (Å²) in [6.07, 6.45) is 0.975. The van der Waals surface area contributed by atoms with Crippen molar-refractivity contribution in [3.05, 3.63) is 47.3 Å². The minimum Gasteiger partial charge on any atom is -0.345 e. The number of hydrogen-bond donors (Lipinski definition) is 1. The van der Waals surface area contributed by atoms with Crippen molar-refractivity contribution >= 4 is 11.5 Å². The first-order valence-electron chi connectivity index (χ1n) is 9.60. The molecule has 3 aromatic rings. The van der Waals surface area contributed by atoms with Gasteiger partial charge < -0.3 is 9.80 Å². The number of aromatic nitrogens is 3. The molecule has 1 aromatic carbocycles. The molecule has 1 N–H and O–H groups in total. The number of nitrogens with one attached hydrogen (secondary N) is 1. The molecule has 0 unspecified atom stereocenters. The summed E-state index contributed by atoms with van der Waals surface area (Å²) in [6, 6.07) is 10.5. The summed E-state index contributed by atoms with van der Waals surface area (Å²) in [5.41, 5.74) is 6.79. The predicted octanol–water partition coefficient (Wildman–Crippen LogP) is 1.91. The number of fused-ring (bicyclic) bond motifs is 1. The van der Waals surface area contributed by atoms with Gasteiger partial charge in [0.15, 0.2) is 5.65 Å². The Hall–Kier alpha value is -2.40. The van der Waals surface area contributed by atoms with Crippen LogP contribution in [-0.4, -0.2) is 47.8 Å². The summed E-state index contributed by atoms with van der Waals surface area (Å²) in [5, 5.41) is 4.94. The Morgan fingerprint density at radius 3 is 2.38 bits per heavy atom. The molecule has 1 aliphatic heterocycles. The highest BCUT2D eigenvalue weighted by molar-refractivity contribution is 5.81. The first kappa shape index (κ1) is 17.0. The molecule has 0 spiro atoms. The zero-order valence-electron chi connectivity index (χ0n) is 16.2. The third kappa shape index (κ3) is 2.76. The minimum absolute atomic E-state index is 0.975. The van der Waals surface area contributed by atoms with Crippen molar-refractivity contribution in [2.75, 3.05) is 38.1 Å². The van der Waals surface area contributed by atoms with Gasteiger partial charge in [0, 0.05) is 16.8 Å². The number of rotatable bonds is 3. The van der Waals surface area contributed by atoms with Crippen LogP contribution < -0.4 is 9.80 Å². The van der Waals surface area contributed by atoms with Crippen molar-refractivity contribution in [2.45, 2.75) is 27.2 Å². The van der Waals surface area contributed by atoms with Crippen molar-refractivity contribution in [3.63, 3.8) is 0 Å². The molecule has 1 aliphatic rings. The Morgan fingerprint density at radius 2 is 1.73 bits per heavy atom. The van der Waals surface area contributed by atoms with Gasteiger partial charge in [-0.15, -0.1) is 0 Å². The first-order valence-corrected chi connectivity index (χ1v) is 9.60. The topological polar surface area (TPSA) is 37.9 Å². The van der Waals surface area contributed by atoms with E-state index >= 15 is 0 Å². The van der Waals surface area contributed by atoms with Crippen molar-refractivity contribution in [1.29, 1.82) is 0 Å². The van der Waals surface area contributed by atoms with E-state index in [1.165, 1.54) is 16.9 Å². The van der Waals surface area contributed by atoms with Crippen LogP contribution in [-0.2, 0) is 6.42 Å². The molecule has 2 aromatic heterocycles. The number of nitrogens with zero attached hydrogens (tertiary/aromatic N) is 4. The monoisotopic (exact) mass is 350 g/mol. The normalized spacial score (nSPS) is 15.8. The maximum atomic E-state index is 4.98. The SMILES string of the molecule is CCc1c(C)nc2c(-c3ccccc3)c(C)nn2c1N1CC[NH+](C)CC1. The molecule has 1 saturated heterocycles.